The van der Waals surface area contributed by atoms with Crippen LogP contribution in [0.5, 0.6) is 0 Å². The summed E-state index contributed by atoms with van der Waals surface area (Å²) in [5.74, 6) is 0. The number of fused-ring (bicyclic) bond motifs is 9. The highest BCUT2D eigenvalue weighted by Gasteiger charge is 2.35. The van der Waals surface area contributed by atoms with E-state index in [1.54, 1.807) is 0 Å². The predicted molar refractivity (Wildman–Crippen MR) is 163 cm³/mol. The first-order valence-electron chi connectivity index (χ1n) is 13.5. The molecule has 0 saturated heterocycles. The summed E-state index contributed by atoms with van der Waals surface area (Å²) in [4.78, 5) is 9.49. The normalized spacial score (nSPS) is 13.6. The molecule has 2 heterocycles. The second-order valence-electron chi connectivity index (χ2n) is 11.0. The van der Waals surface area contributed by atoms with Crippen molar-refractivity contribution in [2.75, 3.05) is 0 Å². The van der Waals surface area contributed by atoms with Gasteiger partial charge in [-0.25, -0.2) is 4.98 Å². The average molecular weight is 499 g/mol. The van der Waals surface area contributed by atoms with Crippen molar-refractivity contribution in [2.45, 2.75) is 19.3 Å². The first-order valence-corrected chi connectivity index (χ1v) is 13.5. The van der Waals surface area contributed by atoms with E-state index in [9.17, 15) is 0 Å². The van der Waals surface area contributed by atoms with Gasteiger partial charge in [0.2, 0.25) is 0 Å². The van der Waals surface area contributed by atoms with Crippen molar-refractivity contribution in [3.8, 4) is 33.8 Å². The molecule has 5 aromatic carbocycles. The van der Waals surface area contributed by atoms with Gasteiger partial charge in [-0.3, -0.25) is 4.98 Å². The van der Waals surface area contributed by atoms with Crippen LogP contribution in [0.15, 0.2) is 121 Å². The molecule has 0 unspecified atom stereocenters. The van der Waals surface area contributed by atoms with E-state index in [0.29, 0.717) is 0 Å². The minimum atomic E-state index is -0.0339. The van der Waals surface area contributed by atoms with Crippen LogP contribution in [0.4, 0.5) is 0 Å². The van der Waals surface area contributed by atoms with Crippen molar-refractivity contribution in [3.05, 3.63) is 133 Å². The molecule has 7 aromatic rings. The average Bonchev–Trinajstić information content (AvgIpc) is 3.22. The molecule has 0 amide bonds. The molecule has 0 atom stereocenters. The lowest BCUT2D eigenvalue weighted by Gasteiger charge is -2.22. The van der Waals surface area contributed by atoms with Crippen LogP contribution in [0, 0.1) is 0 Å². The van der Waals surface area contributed by atoms with Crippen LogP contribution < -0.4 is 0 Å². The number of rotatable bonds is 2. The van der Waals surface area contributed by atoms with E-state index in [1.807, 2.05) is 30.5 Å². The van der Waals surface area contributed by atoms with Crippen LogP contribution in [0.1, 0.15) is 25.0 Å². The third kappa shape index (κ3) is 3.21. The quantitative estimate of drug-likeness (QED) is 0.222. The van der Waals surface area contributed by atoms with Crippen LogP contribution in [-0.2, 0) is 5.41 Å². The molecule has 0 radical (unpaired) electrons. The zero-order valence-electron chi connectivity index (χ0n) is 21.9. The molecular formula is C37H26N2. The third-order valence-electron chi connectivity index (χ3n) is 8.51. The van der Waals surface area contributed by atoms with E-state index in [-0.39, 0.29) is 5.41 Å². The molecule has 0 spiro atoms. The smallest absolute Gasteiger partial charge is 0.0893 e. The maximum absolute atomic E-state index is 4.99. The number of hydrogen-bond acceptors (Lipinski definition) is 2. The first-order chi connectivity index (χ1) is 19.1. The molecule has 1 aliphatic rings. The summed E-state index contributed by atoms with van der Waals surface area (Å²) < 4.78 is 0. The van der Waals surface area contributed by atoms with E-state index in [1.165, 1.54) is 54.6 Å². The fourth-order valence-electron chi connectivity index (χ4n) is 6.56. The molecule has 2 aromatic heterocycles. The molecule has 184 valence electrons. The highest BCUT2D eigenvalue weighted by molar-refractivity contribution is 6.26. The molecular weight excluding hydrogens is 472 g/mol. The van der Waals surface area contributed by atoms with Gasteiger partial charge in [0.05, 0.1) is 17.1 Å². The summed E-state index contributed by atoms with van der Waals surface area (Å²) in [6.07, 6.45) is 1.81. The minimum absolute atomic E-state index is 0.0339. The Morgan fingerprint density at radius 2 is 1.13 bits per heavy atom. The first kappa shape index (κ1) is 22.2. The third-order valence-corrected chi connectivity index (χ3v) is 8.51. The van der Waals surface area contributed by atoms with Crippen LogP contribution in [0.3, 0.4) is 0 Å². The van der Waals surface area contributed by atoms with Gasteiger partial charge in [0.15, 0.2) is 0 Å². The lowest BCUT2D eigenvalue weighted by atomic mass is 9.81. The van der Waals surface area contributed by atoms with Crippen LogP contribution >= 0.6 is 0 Å². The Morgan fingerprint density at radius 1 is 0.462 bits per heavy atom. The Hall–Kier alpha value is -4.82. The number of benzene rings is 5. The minimum Gasteiger partial charge on any atom is -0.255 e. The Labute approximate surface area is 227 Å². The zero-order valence-corrected chi connectivity index (χ0v) is 21.9. The van der Waals surface area contributed by atoms with Gasteiger partial charge in [0.1, 0.15) is 0 Å². The van der Waals surface area contributed by atoms with E-state index < -0.39 is 0 Å². The molecule has 0 N–H and O–H groups in total. The second kappa shape index (κ2) is 8.09. The van der Waals surface area contributed by atoms with Gasteiger partial charge in [0, 0.05) is 17.2 Å². The van der Waals surface area contributed by atoms with E-state index >= 15 is 0 Å². The highest BCUT2D eigenvalue weighted by Crippen LogP contribution is 2.51. The van der Waals surface area contributed by atoms with Gasteiger partial charge < -0.3 is 0 Å². The molecule has 39 heavy (non-hydrogen) atoms. The van der Waals surface area contributed by atoms with Gasteiger partial charge in [-0.05, 0) is 97.0 Å². The van der Waals surface area contributed by atoms with Gasteiger partial charge in [0.25, 0.3) is 0 Å². The van der Waals surface area contributed by atoms with E-state index in [0.717, 1.165) is 22.6 Å². The number of nitrogens with zero attached hydrogens (tertiary/aromatic N) is 2. The molecule has 2 heteroatoms. The lowest BCUT2D eigenvalue weighted by Crippen LogP contribution is -2.14. The summed E-state index contributed by atoms with van der Waals surface area (Å²) in [6, 6.07) is 41.5. The van der Waals surface area contributed by atoms with Crippen LogP contribution in [0.25, 0.3) is 66.1 Å². The van der Waals surface area contributed by atoms with Crippen molar-refractivity contribution in [1.82, 2.24) is 9.97 Å². The van der Waals surface area contributed by atoms with E-state index in [4.69, 9.17) is 4.98 Å². The molecule has 0 bridgehead atoms. The summed E-state index contributed by atoms with van der Waals surface area (Å²) in [5.41, 5.74) is 9.33. The SMILES string of the molecule is CC1(C)c2ccccc2-c2cc3c4ccccc4c4cc(-c5cccc(-c6ccccn6)n5)ccc4c3cc21. The maximum Gasteiger partial charge on any atom is 0.0893 e. The maximum atomic E-state index is 4.99. The van der Waals surface area contributed by atoms with Crippen LogP contribution in [-0.4, -0.2) is 9.97 Å². The molecule has 0 aliphatic heterocycles. The van der Waals surface area contributed by atoms with E-state index in [2.05, 4.69) is 110 Å². The lowest BCUT2D eigenvalue weighted by molar-refractivity contribution is 0.661. The van der Waals surface area contributed by atoms with Crippen molar-refractivity contribution >= 4 is 32.3 Å². The Balaban J connectivity index is 1.40. The van der Waals surface area contributed by atoms with Gasteiger partial charge >= 0.3 is 0 Å². The Kier molecular flexibility index (Phi) is 4.60. The molecule has 1 aliphatic carbocycles. The summed E-state index contributed by atoms with van der Waals surface area (Å²) in [5, 5.41) is 7.72. The molecule has 2 nitrogen and oxygen atoms in total. The van der Waals surface area contributed by atoms with Crippen molar-refractivity contribution in [3.63, 3.8) is 0 Å². The predicted octanol–water partition coefficient (Wildman–Crippen LogP) is 9.58. The fourth-order valence-corrected chi connectivity index (χ4v) is 6.56. The number of aromatic nitrogens is 2. The summed E-state index contributed by atoms with van der Waals surface area (Å²) >= 11 is 0. The standard InChI is InChI=1S/C37H26N2/c1-37(2)32-13-6-5-12-27(32)31-21-29-25-11-4-3-10-24(25)28-20-23(17-18-26(28)30(29)22-33(31)37)34-15-9-16-36(39-34)35-14-7-8-19-38-35/h3-22H,1-2H3. The molecule has 0 saturated carbocycles. The monoisotopic (exact) mass is 498 g/mol. The Morgan fingerprint density at radius 3 is 1.95 bits per heavy atom. The van der Waals surface area contributed by atoms with Crippen molar-refractivity contribution in [1.29, 1.82) is 0 Å². The van der Waals surface area contributed by atoms with Crippen molar-refractivity contribution < 1.29 is 0 Å². The topological polar surface area (TPSA) is 25.8 Å². The zero-order chi connectivity index (χ0) is 26.1. The Bertz CT molecular complexity index is 2090. The van der Waals surface area contributed by atoms with Crippen molar-refractivity contribution in [2.24, 2.45) is 0 Å². The van der Waals surface area contributed by atoms with Gasteiger partial charge in [-0.2, -0.15) is 0 Å². The summed E-state index contributed by atoms with van der Waals surface area (Å²) in [6.45, 7) is 4.70. The van der Waals surface area contributed by atoms with Gasteiger partial charge in [-0.1, -0.05) is 86.6 Å². The fraction of sp³-hybridized carbons (Fsp3) is 0.0811. The highest BCUT2D eigenvalue weighted by atomic mass is 14.8. The largest absolute Gasteiger partial charge is 0.255 e. The van der Waals surface area contributed by atoms with Gasteiger partial charge in [-0.15, -0.1) is 0 Å². The van der Waals surface area contributed by atoms with Crippen LogP contribution in [0.2, 0.25) is 0 Å². The number of pyridine rings is 2. The second-order valence-corrected chi connectivity index (χ2v) is 11.0. The molecule has 8 rings (SSSR count). The molecule has 0 fully saturated rings. The summed E-state index contributed by atoms with van der Waals surface area (Å²) in [7, 11) is 0. The number of hydrogen-bond donors (Lipinski definition) is 0.